The second kappa shape index (κ2) is 13.5. The minimum absolute atomic E-state index is 0.0595. The molecule has 0 radical (unpaired) electrons. The second-order valence-corrected chi connectivity index (χ2v) is 11.0. The number of anilines is 1. The molecule has 3 rings (SSSR count). The third kappa shape index (κ3) is 8.74. The largest absolute Gasteiger partial charge is 0.449 e. The van der Waals surface area contributed by atoms with Crippen molar-refractivity contribution in [2.45, 2.75) is 25.8 Å². The van der Waals surface area contributed by atoms with E-state index in [0.29, 0.717) is 18.0 Å². The van der Waals surface area contributed by atoms with Crippen LogP contribution in [0.15, 0.2) is 36.4 Å². The van der Waals surface area contributed by atoms with Crippen LogP contribution in [0.2, 0.25) is 0 Å². The van der Waals surface area contributed by atoms with Gasteiger partial charge in [0.15, 0.2) is 5.82 Å². The molecule has 2 aromatic rings. The highest BCUT2D eigenvalue weighted by molar-refractivity contribution is 7.51. The molecule has 3 amide bonds. The predicted octanol–water partition coefficient (Wildman–Crippen LogP) is 1.57. The molecule has 1 fully saturated rings. The van der Waals surface area contributed by atoms with Gasteiger partial charge in [0, 0.05) is 51.9 Å². The first kappa shape index (κ1) is 30.0. The highest BCUT2D eigenvalue weighted by Crippen LogP contribution is 2.35. The maximum absolute atomic E-state index is 13.3. The van der Waals surface area contributed by atoms with Crippen molar-refractivity contribution < 1.29 is 33.5 Å². The Hall–Kier alpha value is -3.54. The molecule has 0 saturated carbocycles. The lowest BCUT2D eigenvalue weighted by atomic mass is 10.2. The Morgan fingerprint density at radius 2 is 1.72 bits per heavy atom. The number of carbonyl (C=O) groups excluding carboxylic acids is 3. The topological polar surface area (TPSA) is 166 Å². The van der Waals surface area contributed by atoms with E-state index in [0.717, 1.165) is 12.8 Å². The van der Waals surface area contributed by atoms with Crippen LogP contribution in [0.5, 0.6) is 0 Å². The minimum atomic E-state index is -4.69. The zero-order chi connectivity index (χ0) is 28.6. The lowest BCUT2D eigenvalue weighted by Gasteiger charge is -2.36. The van der Waals surface area contributed by atoms with E-state index in [1.54, 1.807) is 43.3 Å². The van der Waals surface area contributed by atoms with Gasteiger partial charge in [0.05, 0.1) is 12.8 Å². The van der Waals surface area contributed by atoms with Gasteiger partial charge in [0.25, 0.3) is 5.91 Å². The molecular weight excluding hydrogens is 527 g/mol. The molecule has 14 heteroatoms. The smallest absolute Gasteiger partial charge is 0.409 e. The van der Waals surface area contributed by atoms with Crippen molar-refractivity contribution in [2.75, 3.05) is 57.9 Å². The summed E-state index contributed by atoms with van der Waals surface area (Å²) >= 11 is 0. The standard InChI is InChI=1S/C25H35N6O7P/c1-4-5-15-38-25(34)31-13-11-30(12-14-31)24(33)20(17-39(35,36)37)27-23(32)19-16-21(29(2)3)28-22(26-19)18-9-7-6-8-10-18/h6-10,16,20H,4-5,11-15,17H2,1-3H3,(H,27,32)(H2,35,36,37)/t20-/m0/s1. The third-order valence-corrected chi connectivity index (χ3v) is 6.87. The molecule has 212 valence electrons. The Kier molecular flexibility index (Phi) is 10.4. The van der Waals surface area contributed by atoms with Gasteiger partial charge in [-0.2, -0.15) is 0 Å². The number of aromatic nitrogens is 2. The summed E-state index contributed by atoms with van der Waals surface area (Å²) in [5.74, 6) is -0.709. The van der Waals surface area contributed by atoms with Crippen molar-refractivity contribution in [1.82, 2.24) is 25.1 Å². The maximum Gasteiger partial charge on any atom is 0.409 e. The van der Waals surface area contributed by atoms with Crippen LogP contribution in [-0.4, -0.2) is 107 Å². The number of carbonyl (C=O) groups is 3. The molecule has 1 aromatic heterocycles. The van der Waals surface area contributed by atoms with Crippen molar-refractivity contribution in [3.8, 4) is 11.4 Å². The van der Waals surface area contributed by atoms with Crippen molar-refractivity contribution in [3.05, 3.63) is 42.1 Å². The molecule has 1 saturated heterocycles. The van der Waals surface area contributed by atoms with Crippen molar-refractivity contribution in [2.24, 2.45) is 0 Å². The second-order valence-electron chi connectivity index (χ2n) is 9.35. The number of amides is 3. The first-order valence-electron chi connectivity index (χ1n) is 12.7. The van der Waals surface area contributed by atoms with Gasteiger partial charge in [-0.25, -0.2) is 14.8 Å². The first-order chi connectivity index (χ1) is 18.5. The molecule has 3 N–H and O–H groups in total. The van der Waals surface area contributed by atoms with Gasteiger partial charge >= 0.3 is 13.7 Å². The number of unbranched alkanes of at least 4 members (excludes halogenated alkanes) is 1. The zero-order valence-corrected chi connectivity index (χ0v) is 23.2. The van der Waals surface area contributed by atoms with Gasteiger partial charge in [0.1, 0.15) is 17.6 Å². The van der Waals surface area contributed by atoms with E-state index in [-0.39, 0.29) is 37.7 Å². The van der Waals surface area contributed by atoms with Crippen LogP contribution in [0, 0.1) is 0 Å². The number of piperazine rings is 1. The lowest BCUT2D eigenvalue weighted by Crippen LogP contribution is -2.56. The molecule has 2 heterocycles. The summed E-state index contributed by atoms with van der Waals surface area (Å²) in [5.41, 5.74) is 0.611. The lowest BCUT2D eigenvalue weighted by molar-refractivity contribution is -0.134. The Bertz CT molecular complexity index is 1200. The van der Waals surface area contributed by atoms with Gasteiger partial charge < -0.3 is 34.5 Å². The van der Waals surface area contributed by atoms with Crippen LogP contribution in [0.1, 0.15) is 30.3 Å². The van der Waals surface area contributed by atoms with Crippen molar-refractivity contribution in [3.63, 3.8) is 0 Å². The molecule has 1 aliphatic rings. The van der Waals surface area contributed by atoms with E-state index in [1.165, 1.54) is 15.9 Å². The fourth-order valence-corrected chi connectivity index (χ4v) is 4.60. The van der Waals surface area contributed by atoms with Gasteiger partial charge in [-0.1, -0.05) is 43.7 Å². The summed E-state index contributed by atoms with van der Waals surface area (Å²) in [6, 6.07) is 8.95. The Balaban J connectivity index is 1.76. The Labute approximate surface area is 227 Å². The Morgan fingerprint density at radius 1 is 1.08 bits per heavy atom. The summed E-state index contributed by atoms with van der Waals surface area (Å²) in [7, 11) is -1.19. The molecule has 39 heavy (non-hydrogen) atoms. The monoisotopic (exact) mass is 562 g/mol. The van der Waals surface area contributed by atoms with Gasteiger partial charge in [-0.05, 0) is 6.42 Å². The number of hydrogen-bond acceptors (Lipinski definition) is 8. The molecule has 0 bridgehead atoms. The predicted molar refractivity (Wildman–Crippen MR) is 144 cm³/mol. The molecule has 1 atom stereocenters. The number of nitrogens with one attached hydrogen (secondary N) is 1. The molecule has 13 nitrogen and oxygen atoms in total. The van der Waals surface area contributed by atoms with E-state index in [1.807, 2.05) is 13.0 Å². The molecule has 0 aliphatic carbocycles. The normalized spacial score (nSPS) is 14.5. The van der Waals surface area contributed by atoms with E-state index in [4.69, 9.17) is 4.74 Å². The van der Waals surface area contributed by atoms with Crippen LogP contribution >= 0.6 is 7.60 Å². The quantitative estimate of drug-likeness (QED) is 0.286. The fraction of sp³-hybridized carbons (Fsp3) is 0.480. The average Bonchev–Trinajstić information content (AvgIpc) is 2.92. The highest BCUT2D eigenvalue weighted by Gasteiger charge is 2.35. The molecule has 0 unspecified atom stereocenters. The van der Waals surface area contributed by atoms with Crippen molar-refractivity contribution in [1.29, 1.82) is 0 Å². The van der Waals surface area contributed by atoms with Crippen LogP contribution in [0.3, 0.4) is 0 Å². The van der Waals surface area contributed by atoms with E-state index in [2.05, 4.69) is 15.3 Å². The number of nitrogens with zero attached hydrogens (tertiary/aromatic N) is 5. The summed E-state index contributed by atoms with van der Waals surface area (Å²) < 4.78 is 17.1. The molecule has 1 aromatic carbocycles. The van der Waals surface area contributed by atoms with Crippen LogP contribution in [-0.2, 0) is 14.1 Å². The molecule has 1 aliphatic heterocycles. The van der Waals surface area contributed by atoms with E-state index in [9.17, 15) is 28.7 Å². The average molecular weight is 563 g/mol. The highest BCUT2D eigenvalue weighted by atomic mass is 31.2. The maximum atomic E-state index is 13.3. The minimum Gasteiger partial charge on any atom is -0.449 e. The summed E-state index contributed by atoms with van der Waals surface area (Å²) in [5, 5.41) is 2.46. The van der Waals surface area contributed by atoms with Crippen LogP contribution in [0.4, 0.5) is 10.6 Å². The Morgan fingerprint density at radius 3 is 2.31 bits per heavy atom. The zero-order valence-electron chi connectivity index (χ0n) is 22.3. The van der Waals surface area contributed by atoms with Gasteiger partial charge in [-0.15, -0.1) is 0 Å². The number of hydrogen-bond donors (Lipinski definition) is 3. The molecular formula is C25H35N6O7P. The van der Waals surface area contributed by atoms with Gasteiger partial charge in [-0.3, -0.25) is 14.2 Å². The van der Waals surface area contributed by atoms with E-state index >= 15 is 0 Å². The SMILES string of the molecule is CCCCOC(=O)N1CCN(C(=O)[C@H](CP(=O)(O)O)NC(=O)c2cc(N(C)C)nc(-c3ccccc3)n2)CC1. The van der Waals surface area contributed by atoms with Crippen LogP contribution < -0.4 is 10.2 Å². The summed E-state index contributed by atoms with van der Waals surface area (Å²) in [4.78, 5) is 71.3. The third-order valence-electron chi connectivity index (χ3n) is 6.03. The summed E-state index contributed by atoms with van der Waals surface area (Å²) in [6.45, 7) is 2.96. The van der Waals surface area contributed by atoms with Crippen LogP contribution in [0.25, 0.3) is 11.4 Å². The first-order valence-corrected chi connectivity index (χ1v) is 14.5. The molecule has 0 spiro atoms. The van der Waals surface area contributed by atoms with E-state index < -0.39 is 37.7 Å². The number of benzene rings is 1. The number of ether oxygens (including phenoxy) is 1. The van der Waals surface area contributed by atoms with Crippen molar-refractivity contribution >= 4 is 31.3 Å². The summed E-state index contributed by atoms with van der Waals surface area (Å²) in [6.07, 6.45) is 0.295. The fourth-order valence-electron chi connectivity index (χ4n) is 3.88. The van der Waals surface area contributed by atoms with Gasteiger partial charge in [0.2, 0.25) is 5.91 Å². The number of rotatable bonds is 10.